The third kappa shape index (κ3) is 2.20. The number of hydrogen-bond donors (Lipinski definition) is 1. The smallest absolute Gasteiger partial charge is 0.339 e. The van der Waals surface area contributed by atoms with E-state index in [-0.39, 0.29) is 5.56 Å². The summed E-state index contributed by atoms with van der Waals surface area (Å²) < 4.78 is 1.69. The van der Waals surface area contributed by atoms with Gasteiger partial charge in [0, 0.05) is 31.5 Å². The zero-order valence-corrected chi connectivity index (χ0v) is 11.7. The van der Waals surface area contributed by atoms with Crippen LogP contribution < -0.4 is 4.90 Å². The summed E-state index contributed by atoms with van der Waals surface area (Å²) in [6.07, 6.45) is 1.76. The zero-order valence-electron chi connectivity index (χ0n) is 11.7. The van der Waals surface area contributed by atoms with Crippen LogP contribution >= 0.6 is 0 Å². The molecule has 6 nitrogen and oxygen atoms in total. The molecular formula is C15H14N4O2. The fraction of sp³-hybridized carbons (Fsp3) is 0.133. The number of hydrogen-bond acceptors (Lipinski definition) is 4. The number of nitrogens with zero attached hydrogens (tertiary/aromatic N) is 4. The second-order valence-electron chi connectivity index (χ2n) is 4.89. The molecule has 0 saturated heterocycles. The van der Waals surface area contributed by atoms with Gasteiger partial charge in [0.2, 0.25) is 0 Å². The van der Waals surface area contributed by atoms with Crippen LogP contribution in [0.15, 0.2) is 42.6 Å². The number of carboxylic acids is 1. The Morgan fingerprint density at radius 2 is 2.00 bits per heavy atom. The van der Waals surface area contributed by atoms with Crippen LogP contribution in [0.4, 0.5) is 5.69 Å². The van der Waals surface area contributed by atoms with Crippen molar-refractivity contribution in [1.82, 2.24) is 14.6 Å². The fourth-order valence-electron chi connectivity index (χ4n) is 2.20. The molecule has 2 heterocycles. The minimum Gasteiger partial charge on any atom is -0.478 e. The molecule has 106 valence electrons. The molecule has 0 bridgehead atoms. The van der Waals surface area contributed by atoms with Crippen LogP contribution in [-0.4, -0.2) is 39.8 Å². The maximum atomic E-state index is 11.2. The molecule has 0 aliphatic heterocycles. The van der Waals surface area contributed by atoms with Crippen molar-refractivity contribution in [1.29, 1.82) is 0 Å². The Bertz CT molecular complexity index is 823. The van der Waals surface area contributed by atoms with Gasteiger partial charge < -0.3 is 10.0 Å². The van der Waals surface area contributed by atoms with Gasteiger partial charge in [-0.2, -0.15) is 0 Å². The van der Waals surface area contributed by atoms with Crippen LogP contribution in [0, 0.1) is 0 Å². The van der Waals surface area contributed by atoms with Crippen molar-refractivity contribution in [2.75, 3.05) is 19.0 Å². The van der Waals surface area contributed by atoms with Gasteiger partial charge in [0.1, 0.15) is 5.56 Å². The number of aromatic carboxylic acids is 1. The van der Waals surface area contributed by atoms with Gasteiger partial charge in [-0.15, -0.1) is 10.2 Å². The van der Waals surface area contributed by atoms with Gasteiger partial charge >= 0.3 is 5.97 Å². The highest BCUT2D eigenvalue weighted by atomic mass is 16.4. The Balaban J connectivity index is 2.20. The highest BCUT2D eigenvalue weighted by Crippen LogP contribution is 2.23. The summed E-state index contributed by atoms with van der Waals surface area (Å²) in [5.41, 5.74) is 2.41. The average Bonchev–Trinajstić information content (AvgIpc) is 2.91. The van der Waals surface area contributed by atoms with Gasteiger partial charge in [0.05, 0.1) is 0 Å². The van der Waals surface area contributed by atoms with E-state index in [0.29, 0.717) is 11.5 Å². The van der Waals surface area contributed by atoms with E-state index in [1.807, 2.05) is 43.3 Å². The van der Waals surface area contributed by atoms with Crippen LogP contribution in [0.25, 0.3) is 17.0 Å². The summed E-state index contributed by atoms with van der Waals surface area (Å²) in [7, 11) is 3.92. The predicted octanol–water partition coefficient (Wildman–Crippen LogP) is 2.16. The number of pyridine rings is 1. The molecule has 0 amide bonds. The highest BCUT2D eigenvalue weighted by molar-refractivity contribution is 5.94. The second-order valence-corrected chi connectivity index (χ2v) is 4.89. The molecule has 21 heavy (non-hydrogen) atoms. The number of aromatic nitrogens is 3. The van der Waals surface area contributed by atoms with Crippen LogP contribution in [0.5, 0.6) is 0 Å². The first-order chi connectivity index (χ1) is 10.1. The van der Waals surface area contributed by atoms with E-state index in [1.54, 1.807) is 16.7 Å². The van der Waals surface area contributed by atoms with Crippen LogP contribution in [0.1, 0.15) is 10.4 Å². The number of anilines is 1. The van der Waals surface area contributed by atoms with Gasteiger partial charge in [0.25, 0.3) is 0 Å². The van der Waals surface area contributed by atoms with Crippen molar-refractivity contribution < 1.29 is 9.90 Å². The summed E-state index contributed by atoms with van der Waals surface area (Å²) in [5.74, 6) is -0.390. The van der Waals surface area contributed by atoms with Crippen LogP contribution in [0.2, 0.25) is 0 Å². The van der Waals surface area contributed by atoms with Crippen LogP contribution in [0.3, 0.4) is 0 Å². The number of carboxylic acid groups (broad SMARTS) is 1. The van der Waals surface area contributed by atoms with Gasteiger partial charge in [-0.1, -0.05) is 12.1 Å². The van der Waals surface area contributed by atoms with E-state index in [2.05, 4.69) is 10.2 Å². The average molecular weight is 282 g/mol. The van der Waals surface area contributed by atoms with Crippen molar-refractivity contribution in [3.05, 3.63) is 48.2 Å². The Labute approximate surface area is 121 Å². The monoisotopic (exact) mass is 282 g/mol. The van der Waals surface area contributed by atoms with Gasteiger partial charge in [-0.05, 0) is 24.3 Å². The lowest BCUT2D eigenvalue weighted by Crippen LogP contribution is -2.08. The van der Waals surface area contributed by atoms with Crippen molar-refractivity contribution in [3.63, 3.8) is 0 Å². The van der Waals surface area contributed by atoms with E-state index < -0.39 is 5.97 Å². The maximum Gasteiger partial charge on any atom is 0.339 e. The third-order valence-electron chi connectivity index (χ3n) is 3.29. The van der Waals surface area contributed by atoms with Crippen LogP contribution in [-0.2, 0) is 0 Å². The number of benzene rings is 1. The maximum absolute atomic E-state index is 11.2. The standard InChI is InChI=1S/C15H14N4O2/c1-18(2)11-6-3-5-10(9-11)13-16-17-14-12(15(20)21)7-4-8-19(13)14/h3-9H,1-2H3,(H,20,21). The lowest BCUT2D eigenvalue weighted by molar-refractivity contribution is 0.0698. The largest absolute Gasteiger partial charge is 0.478 e. The topological polar surface area (TPSA) is 70.7 Å². The zero-order chi connectivity index (χ0) is 15.0. The van der Waals surface area contributed by atoms with E-state index >= 15 is 0 Å². The molecule has 2 aromatic heterocycles. The number of rotatable bonds is 3. The van der Waals surface area contributed by atoms with E-state index in [4.69, 9.17) is 0 Å². The van der Waals surface area contributed by atoms with Crippen molar-refractivity contribution in [2.45, 2.75) is 0 Å². The van der Waals surface area contributed by atoms with E-state index in [9.17, 15) is 9.90 Å². The van der Waals surface area contributed by atoms with Gasteiger partial charge in [-0.25, -0.2) is 4.79 Å². The number of carbonyl (C=O) groups is 1. The molecule has 3 rings (SSSR count). The second kappa shape index (κ2) is 4.90. The molecule has 0 fully saturated rings. The molecule has 0 spiro atoms. The molecule has 3 aromatic rings. The van der Waals surface area contributed by atoms with E-state index in [0.717, 1.165) is 11.3 Å². The summed E-state index contributed by atoms with van der Waals surface area (Å²) >= 11 is 0. The first-order valence-corrected chi connectivity index (χ1v) is 6.43. The van der Waals surface area contributed by atoms with Crippen molar-refractivity contribution >= 4 is 17.3 Å². The molecule has 0 saturated carbocycles. The lowest BCUT2D eigenvalue weighted by atomic mass is 10.2. The normalized spacial score (nSPS) is 10.8. The van der Waals surface area contributed by atoms with Crippen molar-refractivity contribution in [3.8, 4) is 11.4 Å². The molecule has 6 heteroatoms. The first kappa shape index (κ1) is 13.1. The minimum absolute atomic E-state index is 0.139. The minimum atomic E-state index is -1.01. The Kier molecular flexibility index (Phi) is 3.06. The highest BCUT2D eigenvalue weighted by Gasteiger charge is 2.15. The molecular weight excluding hydrogens is 268 g/mol. The quantitative estimate of drug-likeness (QED) is 0.797. The summed E-state index contributed by atoms with van der Waals surface area (Å²) in [6.45, 7) is 0. The number of fused-ring (bicyclic) bond motifs is 1. The third-order valence-corrected chi connectivity index (χ3v) is 3.29. The molecule has 0 aliphatic rings. The molecule has 0 unspecified atom stereocenters. The Hall–Kier alpha value is -2.89. The molecule has 0 atom stereocenters. The fourth-order valence-corrected chi connectivity index (χ4v) is 2.20. The Morgan fingerprint density at radius 3 is 2.71 bits per heavy atom. The molecule has 0 aliphatic carbocycles. The lowest BCUT2D eigenvalue weighted by Gasteiger charge is -2.13. The van der Waals surface area contributed by atoms with Crippen molar-refractivity contribution in [2.24, 2.45) is 0 Å². The van der Waals surface area contributed by atoms with Gasteiger partial charge in [-0.3, -0.25) is 4.40 Å². The summed E-state index contributed by atoms with van der Waals surface area (Å²) in [6, 6.07) is 11.1. The SMILES string of the molecule is CN(C)c1cccc(-c2nnc3c(C(=O)O)cccn23)c1. The summed E-state index contributed by atoms with van der Waals surface area (Å²) in [4.78, 5) is 13.2. The van der Waals surface area contributed by atoms with Gasteiger partial charge in [0.15, 0.2) is 11.5 Å². The predicted molar refractivity (Wildman–Crippen MR) is 79.7 cm³/mol. The Morgan fingerprint density at radius 1 is 1.19 bits per heavy atom. The molecule has 0 radical (unpaired) electrons. The summed E-state index contributed by atoms with van der Waals surface area (Å²) in [5, 5.41) is 17.3. The van der Waals surface area contributed by atoms with E-state index in [1.165, 1.54) is 6.07 Å². The first-order valence-electron chi connectivity index (χ1n) is 6.43. The molecule has 1 aromatic carbocycles. The molecule has 1 N–H and O–H groups in total.